The molecule has 0 fully saturated rings. The number of aromatic nitrogens is 1. The van der Waals surface area contributed by atoms with Crippen LogP contribution in [0.2, 0.25) is 5.02 Å². The molecule has 2 heterocycles. The summed E-state index contributed by atoms with van der Waals surface area (Å²) in [5, 5.41) is 0.699. The minimum atomic E-state index is -0.412. The van der Waals surface area contributed by atoms with E-state index in [2.05, 4.69) is 11.5 Å². The van der Waals surface area contributed by atoms with Gasteiger partial charge in [0.25, 0.3) is 0 Å². The molecule has 4 nitrogen and oxygen atoms in total. The molecule has 0 bridgehead atoms. The van der Waals surface area contributed by atoms with Gasteiger partial charge in [-0.2, -0.15) is 0 Å². The van der Waals surface area contributed by atoms with E-state index < -0.39 is 5.97 Å². The molecule has 1 unspecified atom stereocenters. The number of ether oxygens (including phenoxy) is 1. The van der Waals surface area contributed by atoms with Crippen molar-refractivity contribution in [3.8, 4) is 0 Å². The summed E-state index contributed by atoms with van der Waals surface area (Å²) < 4.78 is 7.44. The van der Waals surface area contributed by atoms with Crippen LogP contribution in [0.3, 0.4) is 0 Å². The first-order valence-electron chi connectivity index (χ1n) is 10.6. The predicted octanol–water partition coefficient (Wildman–Crippen LogP) is 6.03. The van der Waals surface area contributed by atoms with Crippen LogP contribution in [0.4, 0.5) is 0 Å². The average Bonchev–Trinajstić information content (AvgIpc) is 3.29. The summed E-state index contributed by atoms with van der Waals surface area (Å²) in [6.45, 7) is 6.44. The number of benzene rings is 1. The lowest BCUT2D eigenvalue weighted by Crippen LogP contribution is -2.14. The van der Waals surface area contributed by atoms with Crippen LogP contribution in [-0.2, 0) is 24.1 Å². The quantitative estimate of drug-likeness (QED) is 0.336. The van der Waals surface area contributed by atoms with Crippen molar-refractivity contribution >= 4 is 34.7 Å². The number of Topliss-reactive ketones (excluding diaryl/α,β-unsaturated/α-hetero) is 1. The number of aryl methyl sites for hydroxylation is 2. The highest BCUT2D eigenvalue weighted by Gasteiger charge is 2.23. The molecule has 2 aromatic heterocycles. The SMILES string of the molecule is Cc1cc(C(=O)COC(=O)c2cc3c(s2)CCC(C)C3)c(C)n1Cc1ccccc1Cl. The standard InChI is InChI=1S/C25H26ClNO3S/c1-15-8-9-23-19(10-15)12-24(31-23)25(29)30-14-22(28)20-11-16(2)27(17(20)3)13-18-6-4-5-7-21(18)26/h4-7,11-12,15H,8-10,13-14H2,1-3H3. The lowest BCUT2D eigenvalue weighted by molar-refractivity contribution is 0.0479. The maximum Gasteiger partial charge on any atom is 0.348 e. The third-order valence-electron chi connectivity index (χ3n) is 6.03. The number of carbonyl (C=O) groups excluding carboxylic acids is 2. The Morgan fingerprint density at radius 2 is 2.00 bits per heavy atom. The molecule has 6 heteroatoms. The second-order valence-electron chi connectivity index (χ2n) is 8.37. The van der Waals surface area contributed by atoms with Gasteiger partial charge in [-0.05, 0) is 68.4 Å². The molecular formula is C25H26ClNO3S. The molecule has 3 aromatic rings. The third-order valence-corrected chi connectivity index (χ3v) is 7.61. The zero-order valence-electron chi connectivity index (χ0n) is 18.0. The maximum absolute atomic E-state index is 12.8. The molecule has 0 saturated carbocycles. The molecule has 4 rings (SSSR count). The zero-order chi connectivity index (χ0) is 22.1. The molecule has 0 N–H and O–H groups in total. The van der Waals surface area contributed by atoms with Crippen LogP contribution in [0.5, 0.6) is 0 Å². The second kappa shape index (κ2) is 9.01. The fourth-order valence-corrected chi connectivity index (χ4v) is 5.51. The highest BCUT2D eigenvalue weighted by atomic mass is 35.5. The minimum absolute atomic E-state index is 0.193. The van der Waals surface area contributed by atoms with E-state index in [9.17, 15) is 9.59 Å². The number of hydrogen-bond acceptors (Lipinski definition) is 4. The Hall–Kier alpha value is -2.37. The minimum Gasteiger partial charge on any atom is -0.453 e. The number of ketones is 1. The number of rotatable bonds is 6. The van der Waals surface area contributed by atoms with Gasteiger partial charge in [0, 0.05) is 33.4 Å². The summed E-state index contributed by atoms with van der Waals surface area (Å²) in [7, 11) is 0. The molecule has 0 amide bonds. The van der Waals surface area contributed by atoms with E-state index in [0.29, 0.717) is 27.9 Å². The Morgan fingerprint density at radius 1 is 1.23 bits per heavy atom. The van der Waals surface area contributed by atoms with Gasteiger partial charge in [0.1, 0.15) is 4.88 Å². The largest absolute Gasteiger partial charge is 0.453 e. The Kier molecular flexibility index (Phi) is 6.35. The van der Waals surface area contributed by atoms with E-state index >= 15 is 0 Å². The van der Waals surface area contributed by atoms with Crippen LogP contribution in [0.25, 0.3) is 0 Å². The van der Waals surface area contributed by atoms with Gasteiger partial charge in [-0.1, -0.05) is 36.7 Å². The predicted molar refractivity (Wildman–Crippen MR) is 125 cm³/mol. The Morgan fingerprint density at radius 3 is 2.77 bits per heavy atom. The van der Waals surface area contributed by atoms with Gasteiger partial charge in [0.15, 0.2) is 6.61 Å². The molecule has 0 radical (unpaired) electrons. The highest BCUT2D eigenvalue weighted by Crippen LogP contribution is 2.32. The van der Waals surface area contributed by atoms with Crippen molar-refractivity contribution in [1.29, 1.82) is 0 Å². The van der Waals surface area contributed by atoms with Gasteiger partial charge in [-0.25, -0.2) is 4.79 Å². The van der Waals surface area contributed by atoms with Crippen molar-refractivity contribution in [2.45, 2.75) is 46.6 Å². The fraction of sp³-hybridized carbons (Fsp3) is 0.360. The van der Waals surface area contributed by atoms with Crippen LogP contribution >= 0.6 is 22.9 Å². The Bertz CT molecular complexity index is 1140. The number of thiophene rings is 1. The summed E-state index contributed by atoms with van der Waals surface area (Å²) in [4.78, 5) is 27.2. The number of hydrogen-bond donors (Lipinski definition) is 0. The number of esters is 1. The smallest absolute Gasteiger partial charge is 0.348 e. The molecule has 1 aromatic carbocycles. The van der Waals surface area contributed by atoms with Crippen molar-refractivity contribution in [3.05, 3.63) is 79.3 Å². The molecule has 1 aliphatic rings. The Balaban J connectivity index is 1.43. The second-order valence-corrected chi connectivity index (χ2v) is 9.91. The number of carbonyl (C=O) groups is 2. The van der Waals surface area contributed by atoms with Crippen LogP contribution in [0.15, 0.2) is 36.4 Å². The van der Waals surface area contributed by atoms with Gasteiger partial charge in [0.05, 0.1) is 0 Å². The molecular weight excluding hydrogens is 430 g/mol. The fourth-order valence-electron chi connectivity index (χ4n) is 4.21. The van der Waals surface area contributed by atoms with Crippen LogP contribution in [-0.4, -0.2) is 22.9 Å². The van der Waals surface area contributed by atoms with Crippen LogP contribution in [0.1, 0.15) is 60.8 Å². The molecule has 162 valence electrons. The summed E-state index contributed by atoms with van der Waals surface area (Å²) in [5.41, 5.74) is 4.64. The monoisotopic (exact) mass is 455 g/mol. The van der Waals surface area contributed by atoms with Gasteiger partial charge in [-0.15, -0.1) is 11.3 Å². The molecule has 31 heavy (non-hydrogen) atoms. The van der Waals surface area contributed by atoms with E-state index in [1.54, 1.807) is 0 Å². The summed E-state index contributed by atoms with van der Waals surface area (Å²) in [5.74, 6) is 0.0423. The first kappa shape index (κ1) is 21.8. The van der Waals surface area contributed by atoms with Crippen molar-refractivity contribution < 1.29 is 14.3 Å². The van der Waals surface area contributed by atoms with Crippen molar-refractivity contribution in [2.24, 2.45) is 5.92 Å². The highest BCUT2D eigenvalue weighted by molar-refractivity contribution is 7.14. The van der Waals surface area contributed by atoms with Crippen molar-refractivity contribution in [3.63, 3.8) is 0 Å². The van der Waals surface area contributed by atoms with Crippen LogP contribution in [0, 0.1) is 19.8 Å². The first-order chi connectivity index (χ1) is 14.8. The molecule has 1 aliphatic carbocycles. The number of halogens is 1. The topological polar surface area (TPSA) is 48.3 Å². The van der Waals surface area contributed by atoms with E-state index in [-0.39, 0.29) is 12.4 Å². The number of fused-ring (bicyclic) bond motifs is 1. The number of nitrogens with zero attached hydrogens (tertiary/aromatic N) is 1. The van der Waals surface area contributed by atoms with E-state index in [4.69, 9.17) is 16.3 Å². The van der Waals surface area contributed by atoms with Crippen molar-refractivity contribution in [1.82, 2.24) is 4.57 Å². The summed E-state index contributed by atoms with van der Waals surface area (Å²) in [6.07, 6.45) is 3.19. The first-order valence-corrected chi connectivity index (χ1v) is 11.7. The molecule has 1 atom stereocenters. The average molecular weight is 456 g/mol. The summed E-state index contributed by atoms with van der Waals surface area (Å²) >= 11 is 7.80. The third kappa shape index (κ3) is 4.63. The Labute approximate surface area is 191 Å². The van der Waals surface area contributed by atoms with Gasteiger partial charge in [0.2, 0.25) is 5.78 Å². The van der Waals surface area contributed by atoms with Gasteiger partial charge >= 0.3 is 5.97 Å². The van der Waals surface area contributed by atoms with Crippen LogP contribution < -0.4 is 0 Å². The normalized spacial score (nSPS) is 15.5. The molecule has 0 aliphatic heterocycles. The van der Waals surface area contributed by atoms with E-state index in [0.717, 1.165) is 36.2 Å². The lowest BCUT2D eigenvalue weighted by atomic mass is 9.90. The molecule has 0 spiro atoms. The zero-order valence-corrected chi connectivity index (χ0v) is 19.6. The van der Waals surface area contributed by atoms with Crippen molar-refractivity contribution in [2.75, 3.05) is 6.61 Å². The lowest BCUT2D eigenvalue weighted by Gasteiger charge is -2.16. The van der Waals surface area contributed by atoms with E-state index in [1.165, 1.54) is 21.8 Å². The summed E-state index contributed by atoms with van der Waals surface area (Å²) in [6, 6.07) is 11.5. The van der Waals surface area contributed by atoms with E-state index in [1.807, 2.05) is 50.2 Å². The van der Waals surface area contributed by atoms with Gasteiger partial charge < -0.3 is 9.30 Å². The maximum atomic E-state index is 12.8. The van der Waals surface area contributed by atoms with Gasteiger partial charge in [-0.3, -0.25) is 4.79 Å². The molecule has 0 saturated heterocycles.